The molecule has 1 fully saturated rings. The topological polar surface area (TPSA) is 67.9 Å². The fraction of sp³-hybridized carbons (Fsp3) is 0.368. The number of epoxide rings is 1. The summed E-state index contributed by atoms with van der Waals surface area (Å²) in [6.45, 7) is 7.53. The van der Waals surface area contributed by atoms with Crippen molar-refractivity contribution in [2.75, 3.05) is 17.9 Å². The van der Waals surface area contributed by atoms with E-state index in [2.05, 4.69) is 25.5 Å². The van der Waals surface area contributed by atoms with Gasteiger partial charge in [0.2, 0.25) is 0 Å². The van der Waals surface area contributed by atoms with Crippen molar-refractivity contribution in [3.05, 3.63) is 54.1 Å². The fourth-order valence-electron chi connectivity index (χ4n) is 2.32. The van der Waals surface area contributed by atoms with E-state index in [-0.39, 0.29) is 16.4 Å². The molecule has 2 aromatic rings. The van der Waals surface area contributed by atoms with Crippen LogP contribution >= 0.6 is 0 Å². The lowest BCUT2D eigenvalue weighted by Crippen LogP contribution is -2.15. The van der Waals surface area contributed by atoms with Crippen molar-refractivity contribution in [3.63, 3.8) is 0 Å². The summed E-state index contributed by atoms with van der Waals surface area (Å²) in [4.78, 5) is 0.242. The standard InChI is InChI=1S/C19H23NO4S/c1-19(2,3)14-4-10-18(11-5-14)25(21,22)20-15-6-8-16(9-7-15)23-12-17-13-24-17/h4-11,17,20H,12-13H2,1-3H3. The Hall–Kier alpha value is -2.05. The summed E-state index contributed by atoms with van der Waals surface area (Å²) in [5.74, 6) is 0.688. The number of hydrogen-bond acceptors (Lipinski definition) is 4. The van der Waals surface area contributed by atoms with Gasteiger partial charge < -0.3 is 9.47 Å². The van der Waals surface area contributed by atoms with Crippen LogP contribution in [0.3, 0.4) is 0 Å². The van der Waals surface area contributed by atoms with Crippen molar-refractivity contribution in [1.29, 1.82) is 0 Å². The van der Waals surface area contributed by atoms with E-state index in [1.807, 2.05) is 12.1 Å². The van der Waals surface area contributed by atoms with Gasteiger partial charge in [0.15, 0.2) is 0 Å². The molecule has 5 nitrogen and oxygen atoms in total. The van der Waals surface area contributed by atoms with Crippen LogP contribution in [0.15, 0.2) is 53.4 Å². The predicted molar refractivity (Wildman–Crippen MR) is 97.6 cm³/mol. The smallest absolute Gasteiger partial charge is 0.261 e. The summed E-state index contributed by atoms with van der Waals surface area (Å²) in [6, 6.07) is 13.8. The molecule has 0 bridgehead atoms. The third-order valence-electron chi connectivity index (χ3n) is 3.98. The van der Waals surface area contributed by atoms with Crippen LogP contribution in [0.1, 0.15) is 26.3 Å². The number of hydrogen-bond donors (Lipinski definition) is 1. The Morgan fingerprint density at radius 3 is 2.20 bits per heavy atom. The molecule has 25 heavy (non-hydrogen) atoms. The highest BCUT2D eigenvalue weighted by molar-refractivity contribution is 7.92. The lowest BCUT2D eigenvalue weighted by atomic mass is 9.87. The third-order valence-corrected chi connectivity index (χ3v) is 5.37. The largest absolute Gasteiger partial charge is 0.491 e. The molecule has 1 aliphatic heterocycles. The summed E-state index contributed by atoms with van der Waals surface area (Å²) in [5.41, 5.74) is 1.57. The van der Waals surface area contributed by atoms with Crippen LogP contribution in [-0.4, -0.2) is 27.7 Å². The molecule has 2 aromatic carbocycles. The highest BCUT2D eigenvalue weighted by Crippen LogP contribution is 2.25. The summed E-state index contributed by atoms with van der Waals surface area (Å²) < 4.78 is 38.2. The minimum absolute atomic E-state index is 0.0168. The van der Waals surface area contributed by atoms with Crippen molar-refractivity contribution >= 4 is 15.7 Å². The van der Waals surface area contributed by atoms with Gasteiger partial charge in [-0.15, -0.1) is 0 Å². The van der Waals surface area contributed by atoms with Gasteiger partial charge >= 0.3 is 0 Å². The normalized spacial score (nSPS) is 17.2. The lowest BCUT2D eigenvalue weighted by molar-refractivity contribution is 0.263. The number of nitrogens with one attached hydrogen (secondary N) is 1. The molecule has 134 valence electrons. The maximum Gasteiger partial charge on any atom is 0.261 e. The second-order valence-corrected chi connectivity index (χ2v) is 8.85. The first-order valence-corrected chi connectivity index (χ1v) is 9.70. The van der Waals surface area contributed by atoms with E-state index >= 15 is 0 Å². The predicted octanol–water partition coefficient (Wildman–Crippen LogP) is 3.56. The van der Waals surface area contributed by atoms with Crippen LogP contribution in [0.25, 0.3) is 0 Å². The van der Waals surface area contributed by atoms with Crippen LogP contribution in [0.2, 0.25) is 0 Å². The maximum absolute atomic E-state index is 12.5. The van der Waals surface area contributed by atoms with Crippen molar-refractivity contribution in [1.82, 2.24) is 0 Å². The molecule has 0 radical (unpaired) electrons. The minimum Gasteiger partial charge on any atom is -0.491 e. The van der Waals surface area contributed by atoms with Crippen LogP contribution < -0.4 is 9.46 Å². The van der Waals surface area contributed by atoms with Crippen molar-refractivity contribution < 1.29 is 17.9 Å². The van der Waals surface area contributed by atoms with Gasteiger partial charge in [0.05, 0.1) is 11.5 Å². The van der Waals surface area contributed by atoms with Gasteiger partial charge in [0, 0.05) is 5.69 Å². The van der Waals surface area contributed by atoms with Gasteiger partial charge in [-0.25, -0.2) is 8.42 Å². The van der Waals surface area contributed by atoms with Crippen molar-refractivity contribution in [2.45, 2.75) is 37.2 Å². The number of ether oxygens (including phenoxy) is 2. The van der Waals surface area contributed by atoms with E-state index in [1.54, 1.807) is 36.4 Å². The van der Waals surface area contributed by atoms with E-state index < -0.39 is 10.0 Å². The van der Waals surface area contributed by atoms with Crippen LogP contribution in [0, 0.1) is 0 Å². The molecular weight excluding hydrogens is 338 g/mol. The Labute approximate surface area is 149 Å². The molecule has 6 heteroatoms. The molecule has 0 aromatic heterocycles. The van der Waals surface area contributed by atoms with E-state index in [0.717, 1.165) is 12.2 Å². The monoisotopic (exact) mass is 361 g/mol. The highest BCUT2D eigenvalue weighted by Gasteiger charge is 2.23. The molecular formula is C19H23NO4S. The summed E-state index contributed by atoms with van der Waals surface area (Å²) in [7, 11) is -3.61. The lowest BCUT2D eigenvalue weighted by Gasteiger charge is -2.19. The molecule has 1 aliphatic rings. The van der Waals surface area contributed by atoms with E-state index in [4.69, 9.17) is 9.47 Å². The average Bonchev–Trinajstić information content (AvgIpc) is 3.38. The number of anilines is 1. The minimum atomic E-state index is -3.61. The molecule has 0 saturated carbocycles. The molecule has 0 aliphatic carbocycles. The Morgan fingerprint density at radius 2 is 1.68 bits per heavy atom. The van der Waals surface area contributed by atoms with E-state index in [1.165, 1.54) is 0 Å². The Bertz CT molecular complexity index is 817. The molecule has 0 amide bonds. The molecule has 1 saturated heterocycles. The Morgan fingerprint density at radius 1 is 1.08 bits per heavy atom. The van der Waals surface area contributed by atoms with Crippen LogP contribution in [-0.2, 0) is 20.2 Å². The Kier molecular flexibility index (Phi) is 4.75. The third kappa shape index (κ3) is 4.74. The van der Waals surface area contributed by atoms with Gasteiger partial charge in [0.1, 0.15) is 18.5 Å². The summed E-state index contributed by atoms with van der Waals surface area (Å²) in [5, 5.41) is 0. The van der Waals surface area contributed by atoms with Gasteiger partial charge in [0.25, 0.3) is 10.0 Å². The quantitative estimate of drug-likeness (QED) is 0.799. The maximum atomic E-state index is 12.5. The molecule has 1 atom stereocenters. The van der Waals surface area contributed by atoms with Crippen molar-refractivity contribution in [2.24, 2.45) is 0 Å². The molecule has 1 N–H and O–H groups in total. The SMILES string of the molecule is CC(C)(C)c1ccc(S(=O)(=O)Nc2ccc(OCC3CO3)cc2)cc1. The number of sulfonamides is 1. The summed E-state index contributed by atoms with van der Waals surface area (Å²) in [6.07, 6.45) is 0.189. The first-order valence-electron chi connectivity index (χ1n) is 8.22. The van der Waals surface area contributed by atoms with E-state index in [0.29, 0.717) is 18.0 Å². The summed E-state index contributed by atoms with van der Waals surface area (Å²) >= 11 is 0. The second-order valence-electron chi connectivity index (χ2n) is 7.17. The van der Waals surface area contributed by atoms with Gasteiger partial charge in [-0.1, -0.05) is 32.9 Å². The zero-order chi connectivity index (χ0) is 18.1. The molecule has 1 heterocycles. The molecule has 3 rings (SSSR count). The molecule has 0 spiro atoms. The van der Waals surface area contributed by atoms with Gasteiger partial charge in [-0.2, -0.15) is 0 Å². The zero-order valence-corrected chi connectivity index (χ0v) is 15.5. The van der Waals surface area contributed by atoms with Crippen LogP contribution in [0.4, 0.5) is 5.69 Å². The van der Waals surface area contributed by atoms with Crippen molar-refractivity contribution in [3.8, 4) is 5.75 Å². The first-order chi connectivity index (χ1) is 11.7. The highest BCUT2D eigenvalue weighted by atomic mass is 32.2. The van der Waals surface area contributed by atoms with Gasteiger partial charge in [-0.05, 0) is 47.4 Å². The molecule has 1 unspecified atom stereocenters. The number of benzene rings is 2. The second kappa shape index (κ2) is 6.69. The van der Waals surface area contributed by atoms with E-state index in [9.17, 15) is 8.42 Å². The number of rotatable bonds is 6. The average molecular weight is 361 g/mol. The van der Waals surface area contributed by atoms with Crippen LogP contribution in [0.5, 0.6) is 5.75 Å². The Balaban J connectivity index is 1.67. The van der Waals surface area contributed by atoms with Gasteiger partial charge in [-0.3, -0.25) is 4.72 Å². The zero-order valence-electron chi connectivity index (χ0n) is 14.7. The first kappa shape index (κ1) is 17.8. The fourth-order valence-corrected chi connectivity index (χ4v) is 3.38.